The second-order valence-electron chi connectivity index (χ2n) is 31.6. The van der Waals surface area contributed by atoms with E-state index in [1.807, 2.05) is 46.2 Å². The van der Waals surface area contributed by atoms with Crippen molar-refractivity contribution in [1.82, 2.24) is 0 Å². The molecule has 0 radical (unpaired) electrons. The SMILES string of the molecule is C=C/C=C\c1c(C)c2ccc(-c3cccc4c3sc3c(-c5ccc(-c6cccc(-c7cc(-c8ccc9c%10ccccc%10c%10ccccc%10c9c8)c8sc9ccc(-c%10ccc%11c%12cc(-c%13cccc(-c%14cccc%15c%14sc%14c(-c%16ccccc%16)cccc%14%15)c%13)ccc%12c%12ccccc%12c%11c%10)cc9c8c7)c6)cc5)cccc34)cc2c2ccccc12. The highest BCUT2D eigenvalue weighted by Gasteiger charge is 2.23. The lowest BCUT2D eigenvalue weighted by atomic mass is 9.89. The first kappa shape index (κ1) is 68.3. The van der Waals surface area contributed by atoms with Crippen molar-refractivity contribution in [2.24, 2.45) is 0 Å². The Bertz CT molecular complexity index is 8410. The van der Waals surface area contributed by atoms with Crippen LogP contribution in [0, 0.1) is 6.92 Å². The van der Waals surface area contributed by atoms with Crippen LogP contribution in [0.5, 0.6) is 0 Å². The zero-order chi connectivity index (χ0) is 77.8. The molecule has 3 heteroatoms. The number of fused-ring (bicyclic) bond motifs is 24. The Morgan fingerprint density at radius 1 is 0.186 bits per heavy atom. The predicted octanol–water partition coefficient (Wildman–Crippen LogP) is 34.5. The van der Waals surface area contributed by atoms with Gasteiger partial charge in [-0.05, 0) is 259 Å². The third kappa shape index (κ3) is 10.9. The molecule has 0 N–H and O–H groups in total. The van der Waals surface area contributed by atoms with E-state index in [1.165, 1.54) is 258 Å². The van der Waals surface area contributed by atoms with Gasteiger partial charge in [0.25, 0.3) is 0 Å². The Morgan fingerprint density at radius 2 is 0.483 bits per heavy atom. The largest absolute Gasteiger partial charge is 0.135 e. The van der Waals surface area contributed by atoms with Crippen LogP contribution in [0.15, 0.2) is 395 Å². The maximum atomic E-state index is 3.97. The summed E-state index contributed by atoms with van der Waals surface area (Å²) in [4.78, 5) is 0. The van der Waals surface area contributed by atoms with Gasteiger partial charge in [-0.25, -0.2) is 0 Å². The molecule has 21 aromatic carbocycles. The number of benzene rings is 21. The molecule has 0 unspecified atom stereocenters. The Balaban J connectivity index is 0.604. The van der Waals surface area contributed by atoms with Gasteiger partial charge in [-0.2, -0.15) is 0 Å². The van der Waals surface area contributed by atoms with E-state index in [4.69, 9.17) is 0 Å². The van der Waals surface area contributed by atoms with Crippen LogP contribution in [0.4, 0.5) is 0 Å². The summed E-state index contributed by atoms with van der Waals surface area (Å²) in [5, 5.41) is 27.9. The second kappa shape index (κ2) is 27.3. The molecule has 0 aliphatic rings. The number of aryl methyl sites for hydroxylation is 1. The molecule has 0 saturated heterocycles. The third-order valence-electron chi connectivity index (χ3n) is 25.2. The highest BCUT2D eigenvalue weighted by Crippen LogP contribution is 2.51. The van der Waals surface area contributed by atoms with Gasteiger partial charge in [-0.15, -0.1) is 34.0 Å². The van der Waals surface area contributed by atoms with E-state index in [0.717, 1.165) is 0 Å². The maximum Gasteiger partial charge on any atom is 0.0434 e. The second-order valence-corrected chi connectivity index (χ2v) is 34.7. The molecule has 118 heavy (non-hydrogen) atoms. The summed E-state index contributed by atoms with van der Waals surface area (Å²) in [6, 6.07) is 142. The number of hydrogen-bond acceptors (Lipinski definition) is 3. The van der Waals surface area contributed by atoms with Gasteiger partial charge in [0.2, 0.25) is 0 Å². The van der Waals surface area contributed by atoms with Crippen LogP contribution in [-0.2, 0) is 0 Å². The van der Waals surface area contributed by atoms with E-state index in [1.54, 1.807) is 0 Å². The van der Waals surface area contributed by atoms with Gasteiger partial charge in [0.15, 0.2) is 0 Å². The average molecular weight is 1550 g/mol. The van der Waals surface area contributed by atoms with E-state index in [9.17, 15) is 0 Å². The lowest BCUT2D eigenvalue weighted by Crippen LogP contribution is -1.90. The van der Waals surface area contributed by atoms with Crippen LogP contribution in [0.25, 0.3) is 253 Å². The maximum absolute atomic E-state index is 3.97. The van der Waals surface area contributed by atoms with Gasteiger partial charge in [-0.3, -0.25) is 0 Å². The molecule has 548 valence electrons. The van der Waals surface area contributed by atoms with E-state index in [0.29, 0.717) is 0 Å². The first-order valence-corrected chi connectivity index (χ1v) is 43.0. The van der Waals surface area contributed by atoms with Crippen LogP contribution >= 0.6 is 34.0 Å². The van der Waals surface area contributed by atoms with E-state index in [2.05, 4.69) is 396 Å². The molecule has 0 fully saturated rings. The van der Waals surface area contributed by atoms with Gasteiger partial charge in [-0.1, -0.05) is 340 Å². The fourth-order valence-corrected chi connectivity index (χ4v) is 23.5. The fourth-order valence-electron chi connectivity index (χ4n) is 19.5. The van der Waals surface area contributed by atoms with Crippen molar-refractivity contribution in [3.8, 4) is 100 Å². The van der Waals surface area contributed by atoms with E-state index >= 15 is 0 Å². The normalized spacial score (nSPS) is 12.1. The zero-order valence-electron chi connectivity index (χ0n) is 64.5. The number of thiophene rings is 3. The molecule has 3 heterocycles. The molecule has 3 aromatic heterocycles. The molecule has 0 aliphatic heterocycles. The lowest BCUT2D eigenvalue weighted by Gasteiger charge is -2.14. The van der Waals surface area contributed by atoms with Crippen molar-refractivity contribution in [2.45, 2.75) is 6.92 Å². The van der Waals surface area contributed by atoms with Gasteiger partial charge >= 0.3 is 0 Å². The van der Waals surface area contributed by atoms with Crippen LogP contribution in [0.1, 0.15) is 11.1 Å². The minimum Gasteiger partial charge on any atom is -0.135 e. The van der Waals surface area contributed by atoms with Crippen LogP contribution in [-0.4, -0.2) is 0 Å². The smallest absolute Gasteiger partial charge is 0.0434 e. The summed E-state index contributed by atoms with van der Waals surface area (Å²) in [7, 11) is 0. The molecule has 0 spiro atoms. The molecular formula is C115H70S3. The molecule has 0 nitrogen and oxygen atoms in total. The van der Waals surface area contributed by atoms with Crippen molar-refractivity contribution < 1.29 is 0 Å². The summed E-state index contributed by atoms with van der Waals surface area (Å²) >= 11 is 5.73. The summed E-state index contributed by atoms with van der Waals surface area (Å²) in [6.45, 7) is 6.22. The first-order valence-electron chi connectivity index (χ1n) is 40.6. The Morgan fingerprint density at radius 3 is 1.01 bits per heavy atom. The van der Waals surface area contributed by atoms with Crippen molar-refractivity contribution in [3.05, 3.63) is 406 Å². The molecule has 24 rings (SSSR count). The van der Waals surface area contributed by atoms with Gasteiger partial charge in [0, 0.05) is 66.1 Å². The minimum absolute atomic E-state index is 1.18. The van der Waals surface area contributed by atoms with Crippen LogP contribution < -0.4 is 0 Å². The van der Waals surface area contributed by atoms with Crippen molar-refractivity contribution in [1.29, 1.82) is 0 Å². The highest BCUT2D eigenvalue weighted by atomic mass is 32.1. The Kier molecular flexibility index (Phi) is 15.8. The standard InChI is InChI=1S/C115H70S3/c1-3-4-28-82-68(2)83-54-51-79(64-104(83)93-34-13-8-29-88(82)93)87-40-21-44-102-100-42-19-38-85(112(100)118-114(87)102)71-47-45-69(46-48-71)72-24-16-26-74(59-72)81-66-103(80-52-57-97-91-32-10-9-30-89(91)90-31-11-14-35-94(90)107(97)65-80)115-109(67-81)108-63-77(53-58-110(108)116-115)76-50-56-98-105(62-76)95-36-15-12-33-92(95)96-55-49-75(61-106(96)98)73-25-17-27-78(60-73)86-39-20-43-101-99-41-18-37-84(111(99)117-113(86)101)70-22-6-5-7-23-70/h3-67H,1H2,2H3/b28-4-. The molecule has 0 amide bonds. The van der Waals surface area contributed by atoms with E-state index in [-0.39, 0.29) is 0 Å². The fraction of sp³-hybridized carbons (Fsp3) is 0.00870. The van der Waals surface area contributed by atoms with Crippen molar-refractivity contribution in [2.75, 3.05) is 0 Å². The quantitative estimate of drug-likeness (QED) is 0.0894. The predicted molar refractivity (Wildman–Crippen MR) is 518 cm³/mol. The molecule has 24 aromatic rings. The van der Waals surface area contributed by atoms with Gasteiger partial charge in [0.05, 0.1) is 0 Å². The molecule has 0 atom stereocenters. The Labute approximate surface area is 694 Å². The first-order chi connectivity index (χ1) is 58.4. The summed E-state index contributed by atoms with van der Waals surface area (Å²) < 4.78 is 7.81. The topological polar surface area (TPSA) is 0 Å². The van der Waals surface area contributed by atoms with E-state index < -0.39 is 0 Å². The minimum atomic E-state index is 1.18. The average Bonchev–Trinajstić information content (AvgIpc) is 1.20. The molecule has 0 bridgehead atoms. The zero-order valence-corrected chi connectivity index (χ0v) is 66.9. The van der Waals surface area contributed by atoms with Crippen LogP contribution in [0.3, 0.4) is 0 Å². The van der Waals surface area contributed by atoms with Crippen molar-refractivity contribution in [3.63, 3.8) is 0 Å². The number of hydrogen-bond donors (Lipinski definition) is 0. The van der Waals surface area contributed by atoms with Gasteiger partial charge in [0.1, 0.15) is 0 Å². The van der Waals surface area contributed by atoms with Crippen LogP contribution in [0.2, 0.25) is 0 Å². The number of rotatable bonds is 11. The molecular weight excluding hydrogens is 1480 g/mol. The summed E-state index contributed by atoms with van der Waals surface area (Å²) in [6.07, 6.45) is 6.10. The molecule has 0 aliphatic carbocycles. The lowest BCUT2D eigenvalue weighted by molar-refractivity contribution is 1.52. The van der Waals surface area contributed by atoms with Gasteiger partial charge < -0.3 is 0 Å². The Hall–Kier alpha value is -14.2. The third-order valence-corrected chi connectivity index (χ3v) is 29.0. The summed E-state index contributed by atoms with van der Waals surface area (Å²) in [5.41, 5.74) is 24.4. The monoisotopic (exact) mass is 1550 g/mol. The summed E-state index contributed by atoms with van der Waals surface area (Å²) in [5.74, 6) is 0. The number of allylic oxidation sites excluding steroid dienone is 2. The van der Waals surface area contributed by atoms with Crippen molar-refractivity contribution >= 4 is 187 Å². The molecule has 0 saturated carbocycles. The highest BCUT2D eigenvalue weighted by molar-refractivity contribution is 7.27.